The SMILES string of the molecule is FCCCOc1cccc(OCCCF)c1. The fourth-order valence-electron chi connectivity index (χ4n) is 1.14. The summed E-state index contributed by atoms with van der Waals surface area (Å²) in [5.74, 6) is 1.29. The molecule has 1 rings (SSSR count). The van der Waals surface area contributed by atoms with Gasteiger partial charge in [-0.2, -0.15) is 0 Å². The van der Waals surface area contributed by atoms with Crippen LogP contribution in [0, 0.1) is 0 Å². The van der Waals surface area contributed by atoms with Crippen molar-refractivity contribution < 1.29 is 18.3 Å². The van der Waals surface area contributed by atoms with Crippen LogP contribution >= 0.6 is 0 Å². The Hall–Kier alpha value is -1.32. The van der Waals surface area contributed by atoms with E-state index in [4.69, 9.17) is 9.47 Å². The highest BCUT2D eigenvalue weighted by Crippen LogP contribution is 2.19. The average molecular weight is 230 g/mol. The Kier molecular flexibility index (Phi) is 6.30. The highest BCUT2D eigenvalue weighted by Gasteiger charge is 1.98. The Morgan fingerprint density at radius 2 is 1.38 bits per heavy atom. The second-order valence-corrected chi connectivity index (χ2v) is 3.26. The number of hydrogen-bond acceptors (Lipinski definition) is 2. The van der Waals surface area contributed by atoms with Crippen LogP contribution in [0.1, 0.15) is 12.8 Å². The van der Waals surface area contributed by atoms with Gasteiger partial charge in [-0.1, -0.05) is 6.07 Å². The summed E-state index contributed by atoms with van der Waals surface area (Å²) in [5.41, 5.74) is 0. The number of alkyl halides is 2. The van der Waals surface area contributed by atoms with Crippen molar-refractivity contribution in [1.29, 1.82) is 0 Å². The molecule has 0 saturated carbocycles. The van der Waals surface area contributed by atoms with E-state index in [-0.39, 0.29) is 13.3 Å². The van der Waals surface area contributed by atoms with E-state index in [9.17, 15) is 8.78 Å². The molecule has 2 nitrogen and oxygen atoms in total. The molecule has 16 heavy (non-hydrogen) atoms. The molecule has 0 aliphatic rings. The van der Waals surface area contributed by atoms with Crippen LogP contribution in [-0.2, 0) is 0 Å². The molecule has 0 unspecified atom stereocenters. The fraction of sp³-hybridized carbons (Fsp3) is 0.500. The lowest BCUT2D eigenvalue weighted by Gasteiger charge is -2.08. The van der Waals surface area contributed by atoms with Crippen LogP contribution in [-0.4, -0.2) is 26.6 Å². The van der Waals surface area contributed by atoms with E-state index in [1.165, 1.54) is 0 Å². The van der Waals surface area contributed by atoms with E-state index >= 15 is 0 Å². The maximum absolute atomic E-state index is 11.8. The number of hydrogen-bond donors (Lipinski definition) is 0. The minimum Gasteiger partial charge on any atom is -0.493 e. The molecule has 0 aliphatic carbocycles. The van der Waals surface area contributed by atoms with Crippen molar-refractivity contribution in [2.24, 2.45) is 0 Å². The molecule has 90 valence electrons. The standard InChI is InChI=1S/C12H16F2O2/c13-6-2-8-15-11-4-1-5-12(10-11)16-9-3-7-14/h1,4-5,10H,2-3,6-9H2. The molecular formula is C12H16F2O2. The van der Waals surface area contributed by atoms with Crippen molar-refractivity contribution in [2.45, 2.75) is 12.8 Å². The number of halogens is 2. The van der Waals surface area contributed by atoms with E-state index in [0.29, 0.717) is 37.6 Å². The topological polar surface area (TPSA) is 18.5 Å². The molecule has 0 heterocycles. The van der Waals surface area contributed by atoms with E-state index < -0.39 is 0 Å². The molecule has 0 atom stereocenters. The molecule has 4 heteroatoms. The number of rotatable bonds is 8. The Balaban J connectivity index is 2.37. The number of benzene rings is 1. The van der Waals surface area contributed by atoms with E-state index in [1.807, 2.05) is 0 Å². The van der Waals surface area contributed by atoms with Gasteiger partial charge in [-0.05, 0) is 12.1 Å². The molecule has 0 radical (unpaired) electrons. The van der Waals surface area contributed by atoms with E-state index in [2.05, 4.69) is 0 Å². The minimum absolute atomic E-state index is 0.352. The summed E-state index contributed by atoms with van der Waals surface area (Å²) in [6.45, 7) is -0.0613. The zero-order chi connectivity index (χ0) is 11.6. The molecule has 0 amide bonds. The molecule has 0 fully saturated rings. The van der Waals surface area contributed by atoms with Crippen molar-refractivity contribution in [3.63, 3.8) is 0 Å². The summed E-state index contributed by atoms with van der Waals surface area (Å²) in [6, 6.07) is 7.06. The minimum atomic E-state index is -0.382. The molecule has 0 aromatic heterocycles. The van der Waals surface area contributed by atoms with Gasteiger partial charge in [0.1, 0.15) is 11.5 Å². The van der Waals surface area contributed by atoms with E-state index in [0.717, 1.165) is 0 Å². The van der Waals surface area contributed by atoms with Gasteiger partial charge in [0.05, 0.1) is 26.6 Å². The van der Waals surface area contributed by atoms with Crippen molar-refractivity contribution in [3.8, 4) is 11.5 Å². The molecule has 0 spiro atoms. The van der Waals surface area contributed by atoms with Crippen LogP contribution in [0.2, 0.25) is 0 Å². The van der Waals surface area contributed by atoms with Gasteiger partial charge >= 0.3 is 0 Å². The van der Waals surface area contributed by atoms with Crippen molar-refractivity contribution in [1.82, 2.24) is 0 Å². The van der Waals surface area contributed by atoms with Gasteiger partial charge in [-0.15, -0.1) is 0 Å². The number of ether oxygens (including phenoxy) is 2. The maximum atomic E-state index is 11.8. The van der Waals surface area contributed by atoms with Crippen molar-refractivity contribution in [2.75, 3.05) is 26.6 Å². The third kappa shape index (κ3) is 4.96. The highest BCUT2D eigenvalue weighted by molar-refractivity contribution is 5.32. The summed E-state index contributed by atoms with van der Waals surface area (Å²) in [5, 5.41) is 0. The van der Waals surface area contributed by atoms with Crippen LogP contribution in [0.25, 0.3) is 0 Å². The molecule has 1 aromatic carbocycles. The maximum Gasteiger partial charge on any atom is 0.122 e. The predicted octanol–water partition coefficient (Wildman–Crippen LogP) is 3.16. The lowest BCUT2D eigenvalue weighted by Crippen LogP contribution is -2.00. The Labute approximate surface area is 94.2 Å². The first-order chi connectivity index (χ1) is 7.86. The third-order valence-electron chi connectivity index (χ3n) is 1.90. The van der Waals surface area contributed by atoms with E-state index in [1.54, 1.807) is 24.3 Å². The summed E-state index contributed by atoms with van der Waals surface area (Å²) in [7, 11) is 0. The van der Waals surface area contributed by atoms with Gasteiger partial charge in [0.2, 0.25) is 0 Å². The zero-order valence-corrected chi connectivity index (χ0v) is 9.12. The zero-order valence-electron chi connectivity index (χ0n) is 9.12. The second kappa shape index (κ2) is 7.91. The van der Waals surface area contributed by atoms with Gasteiger partial charge < -0.3 is 9.47 Å². The Morgan fingerprint density at radius 3 is 1.81 bits per heavy atom. The largest absolute Gasteiger partial charge is 0.493 e. The molecule has 0 bridgehead atoms. The van der Waals surface area contributed by atoms with Crippen molar-refractivity contribution >= 4 is 0 Å². The molecule has 0 N–H and O–H groups in total. The molecule has 0 saturated heterocycles. The van der Waals surface area contributed by atoms with Crippen LogP contribution in [0.15, 0.2) is 24.3 Å². The first-order valence-electron chi connectivity index (χ1n) is 5.34. The van der Waals surface area contributed by atoms with Crippen LogP contribution < -0.4 is 9.47 Å². The lowest BCUT2D eigenvalue weighted by molar-refractivity contribution is 0.277. The third-order valence-corrected chi connectivity index (χ3v) is 1.90. The van der Waals surface area contributed by atoms with Gasteiger partial charge in [0.15, 0.2) is 0 Å². The first kappa shape index (κ1) is 12.7. The molecule has 1 aromatic rings. The smallest absolute Gasteiger partial charge is 0.122 e. The van der Waals surface area contributed by atoms with Crippen molar-refractivity contribution in [3.05, 3.63) is 24.3 Å². The Morgan fingerprint density at radius 1 is 0.875 bits per heavy atom. The highest BCUT2D eigenvalue weighted by atomic mass is 19.1. The molecule has 0 aliphatic heterocycles. The molecular weight excluding hydrogens is 214 g/mol. The van der Waals surface area contributed by atoms with Crippen LogP contribution in [0.4, 0.5) is 8.78 Å². The normalized spacial score (nSPS) is 10.1. The summed E-state index contributed by atoms with van der Waals surface area (Å²) >= 11 is 0. The summed E-state index contributed by atoms with van der Waals surface area (Å²) < 4.78 is 34.3. The predicted molar refractivity (Wildman–Crippen MR) is 58.6 cm³/mol. The monoisotopic (exact) mass is 230 g/mol. The van der Waals surface area contributed by atoms with Gasteiger partial charge in [0, 0.05) is 18.9 Å². The van der Waals surface area contributed by atoms with Gasteiger partial charge in [-0.25, -0.2) is 0 Å². The first-order valence-corrected chi connectivity index (χ1v) is 5.34. The lowest BCUT2D eigenvalue weighted by atomic mass is 10.3. The summed E-state index contributed by atoms with van der Waals surface area (Å²) in [6.07, 6.45) is 0.764. The van der Waals surface area contributed by atoms with Gasteiger partial charge in [-0.3, -0.25) is 8.78 Å². The fourth-order valence-corrected chi connectivity index (χ4v) is 1.14. The second-order valence-electron chi connectivity index (χ2n) is 3.26. The van der Waals surface area contributed by atoms with Gasteiger partial charge in [0.25, 0.3) is 0 Å². The van der Waals surface area contributed by atoms with Crippen LogP contribution in [0.5, 0.6) is 11.5 Å². The van der Waals surface area contributed by atoms with Crippen LogP contribution in [0.3, 0.4) is 0 Å². The quantitative estimate of drug-likeness (QED) is 0.639. The summed E-state index contributed by atoms with van der Waals surface area (Å²) in [4.78, 5) is 0. The Bertz CT molecular complexity index is 267. The average Bonchev–Trinajstić information content (AvgIpc) is 2.30.